The first kappa shape index (κ1) is 13.7. The van der Waals surface area contributed by atoms with E-state index in [1.165, 1.54) is 39.3 Å². The van der Waals surface area contributed by atoms with Crippen LogP contribution in [0, 0.1) is 13.8 Å². The van der Waals surface area contributed by atoms with E-state index in [0.29, 0.717) is 0 Å². The molecular formula is C18H21NS. The van der Waals surface area contributed by atoms with E-state index in [0.717, 1.165) is 12.6 Å². The second-order valence-corrected chi connectivity index (χ2v) is 6.71. The van der Waals surface area contributed by atoms with Gasteiger partial charge in [-0.2, -0.15) is 0 Å². The number of hydrogen-bond donors (Lipinski definition) is 1. The number of hydrogen-bond acceptors (Lipinski definition) is 2. The molecule has 1 nitrogen and oxygen atoms in total. The first-order valence-electron chi connectivity index (χ1n) is 7.29. The minimum absolute atomic E-state index is 0.774. The Morgan fingerprint density at radius 1 is 1.00 bits per heavy atom. The fraction of sp³-hybridized carbons (Fsp3) is 0.333. The zero-order valence-electron chi connectivity index (χ0n) is 12.1. The Balaban J connectivity index is 1.71. The molecule has 2 heteroatoms. The molecule has 0 aromatic heterocycles. The summed E-state index contributed by atoms with van der Waals surface area (Å²) >= 11 is 1.87. The van der Waals surface area contributed by atoms with E-state index in [-0.39, 0.29) is 0 Å². The van der Waals surface area contributed by atoms with E-state index in [1.807, 2.05) is 11.8 Å². The highest BCUT2D eigenvalue weighted by atomic mass is 32.2. The molecule has 0 heterocycles. The maximum atomic E-state index is 3.57. The fourth-order valence-corrected chi connectivity index (χ4v) is 3.24. The molecule has 0 bridgehead atoms. The van der Waals surface area contributed by atoms with Crippen LogP contribution in [0.3, 0.4) is 0 Å². The van der Waals surface area contributed by atoms with Crippen LogP contribution in [0.15, 0.2) is 52.3 Å². The molecular weight excluding hydrogens is 262 g/mol. The van der Waals surface area contributed by atoms with Gasteiger partial charge in [0, 0.05) is 22.4 Å². The lowest BCUT2D eigenvalue weighted by Crippen LogP contribution is -2.15. The maximum Gasteiger partial charge on any atom is 0.0208 e. The average molecular weight is 283 g/mol. The van der Waals surface area contributed by atoms with Crippen LogP contribution in [0.25, 0.3) is 0 Å². The van der Waals surface area contributed by atoms with Gasteiger partial charge in [0.05, 0.1) is 0 Å². The van der Waals surface area contributed by atoms with Gasteiger partial charge in [-0.15, -0.1) is 0 Å². The van der Waals surface area contributed by atoms with E-state index >= 15 is 0 Å². The first-order valence-corrected chi connectivity index (χ1v) is 8.10. The SMILES string of the molecule is Cc1ccccc1Sc1ccc(CNC2CC2)cc1C. The molecule has 1 aliphatic carbocycles. The molecule has 1 fully saturated rings. The van der Waals surface area contributed by atoms with Gasteiger partial charge in [0.1, 0.15) is 0 Å². The molecule has 104 valence electrons. The molecule has 0 aliphatic heterocycles. The van der Waals surface area contributed by atoms with Gasteiger partial charge in [-0.05, 0) is 55.5 Å². The summed E-state index contributed by atoms with van der Waals surface area (Å²) in [5.74, 6) is 0. The standard InChI is InChI=1S/C18H21NS/c1-13-5-3-4-6-17(13)20-18-10-7-15(11-14(18)2)12-19-16-8-9-16/h3-7,10-11,16,19H,8-9,12H2,1-2H3. The molecule has 20 heavy (non-hydrogen) atoms. The molecule has 0 atom stereocenters. The van der Waals surface area contributed by atoms with Gasteiger partial charge in [0.2, 0.25) is 0 Å². The smallest absolute Gasteiger partial charge is 0.0208 e. The van der Waals surface area contributed by atoms with Crippen LogP contribution >= 0.6 is 11.8 Å². The highest BCUT2D eigenvalue weighted by Crippen LogP contribution is 2.32. The normalized spacial score (nSPS) is 14.5. The van der Waals surface area contributed by atoms with Crippen molar-refractivity contribution in [2.75, 3.05) is 0 Å². The fourth-order valence-electron chi connectivity index (χ4n) is 2.28. The Morgan fingerprint density at radius 3 is 2.45 bits per heavy atom. The number of aryl methyl sites for hydroxylation is 2. The third-order valence-corrected chi connectivity index (χ3v) is 5.08. The summed E-state index contributed by atoms with van der Waals surface area (Å²) < 4.78 is 0. The largest absolute Gasteiger partial charge is 0.310 e. The predicted molar refractivity (Wildman–Crippen MR) is 86.3 cm³/mol. The van der Waals surface area contributed by atoms with E-state index in [9.17, 15) is 0 Å². The van der Waals surface area contributed by atoms with E-state index in [1.54, 1.807) is 0 Å². The van der Waals surface area contributed by atoms with Crippen molar-refractivity contribution in [3.63, 3.8) is 0 Å². The minimum atomic E-state index is 0.774. The van der Waals surface area contributed by atoms with E-state index in [4.69, 9.17) is 0 Å². The van der Waals surface area contributed by atoms with Gasteiger partial charge in [-0.1, -0.05) is 42.1 Å². The summed E-state index contributed by atoms with van der Waals surface area (Å²) in [5.41, 5.74) is 4.10. The van der Waals surface area contributed by atoms with Crippen molar-refractivity contribution < 1.29 is 0 Å². The van der Waals surface area contributed by atoms with Crippen molar-refractivity contribution in [1.29, 1.82) is 0 Å². The highest BCUT2D eigenvalue weighted by molar-refractivity contribution is 7.99. The third kappa shape index (κ3) is 3.44. The molecule has 0 saturated heterocycles. The van der Waals surface area contributed by atoms with Gasteiger partial charge < -0.3 is 5.32 Å². The molecule has 1 saturated carbocycles. The summed E-state index contributed by atoms with van der Waals surface area (Å²) in [6.07, 6.45) is 2.69. The van der Waals surface area contributed by atoms with Crippen molar-refractivity contribution in [2.24, 2.45) is 0 Å². The van der Waals surface area contributed by atoms with Crippen molar-refractivity contribution in [3.8, 4) is 0 Å². The quantitative estimate of drug-likeness (QED) is 0.853. The van der Waals surface area contributed by atoms with Crippen LogP contribution in [0.5, 0.6) is 0 Å². The van der Waals surface area contributed by atoms with Crippen molar-refractivity contribution >= 4 is 11.8 Å². The van der Waals surface area contributed by atoms with E-state index in [2.05, 4.69) is 61.6 Å². The monoisotopic (exact) mass is 283 g/mol. The Labute approximate surface area is 125 Å². The van der Waals surface area contributed by atoms with Crippen LogP contribution in [-0.2, 0) is 6.54 Å². The van der Waals surface area contributed by atoms with Crippen molar-refractivity contribution in [2.45, 2.75) is 49.1 Å². The third-order valence-electron chi connectivity index (χ3n) is 3.73. The molecule has 0 amide bonds. The number of nitrogens with one attached hydrogen (secondary N) is 1. The predicted octanol–water partition coefficient (Wildman–Crippen LogP) is 4.71. The first-order chi connectivity index (χ1) is 9.72. The summed E-state index contributed by atoms with van der Waals surface area (Å²) in [4.78, 5) is 2.70. The van der Waals surface area contributed by atoms with Gasteiger partial charge in [0.25, 0.3) is 0 Å². The molecule has 0 unspecified atom stereocenters. The zero-order chi connectivity index (χ0) is 13.9. The van der Waals surface area contributed by atoms with Gasteiger partial charge >= 0.3 is 0 Å². The lowest BCUT2D eigenvalue weighted by Gasteiger charge is -2.10. The summed E-state index contributed by atoms with van der Waals surface area (Å²) in [6.45, 7) is 5.38. The summed E-state index contributed by atoms with van der Waals surface area (Å²) in [5, 5.41) is 3.57. The molecule has 1 N–H and O–H groups in total. The van der Waals surface area contributed by atoms with Crippen molar-refractivity contribution in [3.05, 3.63) is 59.2 Å². The molecule has 2 aromatic carbocycles. The average Bonchev–Trinajstić information content (AvgIpc) is 3.26. The van der Waals surface area contributed by atoms with Gasteiger partial charge in [-0.3, -0.25) is 0 Å². The van der Waals surface area contributed by atoms with Crippen LogP contribution in [0.1, 0.15) is 29.5 Å². The summed E-state index contributed by atoms with van der Waals surface area (Å²) in [6, 6.07) is 16.2. The highest BCUT2D eigenvalue weighted by Gasteiger charge is 2.19. The Morgan fingerprint density at radius 2 is 1.75 bits per heavy atom. The molecule has 2 aromatic rings. The van der Waals surface area contributed by atoms with E-state index < -0.39 is 0 Å². The zero-order valence-corrected chi connectivity index (χ0v) is 13.0. The minimum Gasteiger partial charge on any atom is -0.310 e. The second kappa shape index (κ2) is 6.02. The Bertz CT molecular complexity index is 602. The van der Waals surface area contributed by atoms with Crippen LogP contribution in [0.2, 0.25) is 0 Å². The Kier molecular flexibility index (Phi) is 4.13. The topological polar surface area (TPSA) is 12.0 Å². The molecule has 3 rings (SSSR count). The molecule has 0 radical (unpaired) electrons. The van der Waals surface area contributed by atoms with Gasteiger partial charge in [-0.25, -0.2) is 0 Å². The lowest BCUT2D eigenvalue weighted by atomic mass is 10.1. The second-order valence-electron chi connectivity index (χ2n) is 5.62. The van der Waals surface area contributed by atoms with Crippen molar-refractivity contribution in [1.82, 2.24) is 5.32 Å². The van der Waals surface area contributed by atoms with Gasteiger partial charge in [0.15, 0.2) is 0 Å². The summed E-state index contributed by atoms with van der Waals surface area (Å²) in [7, 11) is 0. The molecule has 1 aliphatic rings. The maximum absolute atomic E-state index is 3.57. The number of benzene rings is 2. The Hall–Kier alpha value is -1.25. The lowest BCUT2D eigenvalue weighted by molar-refractivity contribution is 0.687. The number of rotatable bonds is 5. The van der Waals surface area contributed by atoms with Crippen LogP contribution < -0.4 is 5.32 Å². The van der Waals surface area contributed by atoms with Crippen LogP contribution in [0.4, 0.5) is 0 Å². The van der Waals surface area contributed by atoms with Crippen LogP contribution in [-0.4, -0.2) is 6.04 Å². The molecule has 0 spiro atoms.